The number of carbonyl (C=O) groups excluding carboxylic acids is 1. The van der Waals surface area contributed by atoms with Gasteiger partial charge in [-0.2, -0.15) is 0 Å². The zero-order valence-electron chi connectivity index (χ0n) is 23.5. The van der Waals surface area contributed by atoms with Crippen molar-refractivity contribution in [3.05, 3.63) is 107 Å². The zero-order chi connectivity index (χ0) is 31.1. The lowest BCUT2D eigenvalue weighted by atomic mass is 9.94. The fourth-order valence-corrected chi connectivity index (χ4v) is 6.40. The van der Waals surface area contributed by atoms with Crippen molar-refractivity contribution in [1.82, 2.24) is 9.71 Å². The minimum absolute atomic E-state index is 0.0146. The summed E-state index contributed by atoms with van der Waals surface area (Å²) < 4.78 is 41.0. The van der Waals surface area contributed by atoms with E-state index in [9.17, 15) is 23.1 Å². The molecule has 12 heteroatoms. The molecule has 1 saturated carbocycles. The van der Waals surface area contributed by atoms with Gasteiger partial charge < -0.3 is 19.9 Å². The molecule has 0 unspecified atom stereocenters. The van der Waals surface area contributed by atoms with E-state index in [4.69, 9.17) is 9.47 Å². The summed E-state index contributed by atoms with van der Waals surface area (Å²) in [6, 6.07) is 23.2. The van der Waals surface area contributed by atoms with E-state index >= 15 is 0 Å². The Morgan fingerprint density at radius 1 is 0.886 bits per heavy atom. The molecular formula is C32H30BrN3O7S. The molecule has 0 atom stereocenters. The van der Waals surface area contributed by atoms with Crippen LogP contribution in [0.3, 0.4) is 0 Å². The molecule has 10 nitrogen and oxygen atoms in total. The molecule has 1 fully saturated rings. The van der Waals surface area contributed by atoms with Gasteiger partial charge in [-0.1, -0.05) is 34.1 Å². The predicted molar refractivity (Wildman–Crippen MR) is 168 cm³/mol. The summed E-state index contributed by atoms with van der Waals surface area (Å²) in [6.45, 7) is 0. The Morgan fingerprint density at radius 3 is 2.23 bits per heavy atom. The number of hydrogen-bond acceptors (Lipinski definition) is 7. The van der Waals surface area contributed by atoms with E-state index in [1.54, 1.807) is 60.7 Å². The highest BCUT2D eigenvalue weighted by molar-refractivity contribution is 9.10. The maximum atomic E-state index is 12.7. The topological polar surface area (TPSA) is 144 Å². The van der Waals surface area contributed by atoms with Gasteiger partial charge in [0.15, 0.2) is 0 Å². The number of carbonyl (C=O) groups is 2. The first-order valence-corrected chi connectivity index (χ1v) is 16.2. The summed E-state index contributed by atoms with van der Waals surface area (Å²) in [7, 11) is -3.57. The third kappa shape index (κ3) is 8.43. The summed E-state index contributed by atoms with van der Waals surface area (Å²) in [4.78, 5) is 28.3. The Morgan fingerprint density at radius 2 is 1.57 bits per heavy atom. The monoisotopic (exact) mass is 679 g/mol. The van der Waals surface area contributed by atoms with Gasteiger partial charge in [-0.3, -0.25) is 4.79 Å². The van der Waals surface area contributed by atoms with Gasteiger partial charge in [0, 0.05) is 22.8 Å². The number of aromatic carboxylic acids is 1. The first kappa shape index (κ1) is 31.2. The molecule has 1 aliphatic carbocycles. The number of halogens is 1. The van der Waals surface area contributed by atoms with Gasteiger partial charge in [0.25, 0.3) is 0 Å². The van der Waals surface area contributed by atoms with E-state index in [0.29, 0.717) is 35.8 Å². The molecule has 1 amide bonds. The number of aromatic nitrogens is 1. The molecule has 4 aromatic rings. The molecule has 0 bridgehead atoms. The summed E-state index contributed by atoms with van der Waals surface area (Å²) in [5.41, 5.74) is 0.894. The van der Waals surface area contributed by atoms with Crippen LogP contribution in [0.15, 0.2) is 100 Å². The predicted octanol–water partition coefficient (Wildman–Crippen LogP) is 6.18. The molecule has 0 radical (unpaired) electrons. The first-order valence-electron chi connectivity index (χ1n) is 13.9. The van der Waals surface area contributed by atoms with Crippen molar-refractivity contribution in [2.75, 3.05) is 5.32 Å². The van der Waals surface area contributed by atoms with Crippen LogP contribution in [0.5, 0.6) is 17.4 Å². The normalized spacial score (nSPS) is 16.6. The molecule has 1 aromatic heterocycles. The van der Waals surface area contributed by atoms with Crippen molar-refractivity contribution in [3.63, 3.8) is 0 Å². The Balaban J connectivity index is 1.07. The van der Waals surface area contributed by atoms with Crippen molar-refractivity contribution < 1.29 is 32.6 Å². The number of nitrogens with zero attached hydrogens (tertiary/aromatic N) is 1. The molecule has 5 rings (SSSR count). The highest BCUT2D eigenvalue weighted by Crippen LogP contribution is 2.28. The van der Waals surface area contributed by atoms with E-state index in [2.05, 4.69) is 31.0 Å². The van der Waals surface area contributed by atoms with Crippen LogP contribution in [-0.2, 0) is 21.2 Å². The minimum atomic E-state index is -3.57. The van der Waals surface area contributed by atoms with Crippen LogP contribution in [0.2, 0.25) is 0 Å². The van der Waals surface area contributed by atoms with Crippen molar-refractivity contribution >= 4 is 43.5 Å². The van der Waals surface area contributed by atoms with Crippen LogP contribution in [0.4, 0.5) is 5.69 Å². The largest absolute Gasteiger partial charge is 0.490 e. The number of carboxylic acid groups (broad SMARTS) is 1. The van der Waals surface area contributed by atoms with Crippen LogP contribution in [-0.4, -0.2) is 42.5 Å². The first-order chi connectivity index (χ1) is 21.1. The smallest absolute Gasteiger partial charge is 0.337 e. The summed E-state index contributed by atoms with van der Waals surface area (Å²) in [5, 5.41) is 11.9. The van der Waals surface area contributed by atoms with E-state index in [-0.39, 0.29) is 40.6 Å². The summed E-state index contributed by atoms with van der Waals surface area (Å²) >= 11 is 3.32. The van der Waals surface area contributed by atoms with E-state index in [0.717, 1.165) is 17.3 Å². The number of pyridine rings is 1. The van der Waals surface area contributed by atoms with Crippen LogP contribution in [0.1, 0.15) is 41.6 Å². The average Bonchev–Trinajstić information content (AvgIpc) is 3.00. The van der Waals surface area contributed by atoms with Crippen molar-refractivity contribution in [2.45, 2.75) is 49.1 Å². The Hall–Kier alpha value is -4.26. The summed E-state index contributed by atoms with van der Waals surface area (Å²) in [6.07, 6.45) is 4.36. The van der Waals surface area contributed by atoms with E-state index in [1.165, 1.54) is 18.3 Å². The van der Waals surface area contributed by atoms with E-state index in [1.807, 2.05) is 12.1 Å². The quantitative estimate of drug-likeness (QED) is 0.170. The second kappa shape index (κ2) is 14.0. The fraction of sp³-hybridized carbons (Fsp3) is 0.219. The molecule has 44 heavy (non-hydrogen) atoms. The Labute approximate surface area is 263 Å². The Kier molecular flexibility index (Phi) is 9.93. The van der Waals surface area contributed by atoms with E-state index < -0.39 is 16.0 Å². The lowest BCUT2D eigenvalue weighted by Gasteiger charge is -2.29. The molecular weight excluding hydrogens is 650 g/mol. The van der Waals surface area contributed by atoms with Crippen molar-refractivity contribution in [1.29, 1.82) is 0 Å². The molecule has 1 aliphatic rings. The molecule has 228 valence electrons. The highest BCUT2D eigenvalue weighted by atomic mass is 79.9. The van der Waals surface area contributed by atoms with Gasteiger partial charge in [0.05, 0.1) is 28.7 Å². The third-order valence-electron chi connectivity index (χ3n) is 7.06. The van der Waals surface area contributed by atoms with Crippen molar-refractivity contribution in [3.8, 4) is 17.4 Å². The molecule has 3 N–H and O–H groups in total. The fourth-order valence-electron chi connectivity index (χ4n) is 4.83. The molecule has 1 heterocycles. The van der Waals surface area contributed by atoms with Crippen LogP contribution in [0, 0.1) is 0 Å². The van der Waals surface area contributed by atoms with Crippen LogP contribution in [0.25, 0.3) is 0 Å². The maximum absolute atomic E-state index is 12.7. The van der Waals surface area contributed by atoms with Gasteiger partial charge in [0.2, 0.25) is 21.8 Å². The van der Waals surface area contributed by atoms with Gasteiger partial charge in [0.1, 0.15) is 11.5 Å². The lowest BCUT2D eigenvalue weighted by Crippen LogP contribution is -2.39. The number of ether oxygens (including phenoxy) is 2. The van der Waals surface area contributed by atoms with Gasteiger partial charge in [-0.15, -0.1) is 0 Å². The number of sulfonamides is 1. The number of para-hydroxylation sites is 1. The second-order valence-electron chi connectivity index (χ2n) is 10.3. The number of nitrogens with one attached hydrogen (secondary N) is 2. The van der Waals surface area contributed by atoms with Gasteiger partial charge in [-0.05, 0) is 91.9 Å². The number of rotatable bonds is 11. The van der Waals surface area contributed by atoms with Crippen LogP contribution < -0.4 is 19.5 Å². The number of hydrogen-bond donors (Lipinski definition) is 3. The van der Waals surface area contributed by atoms with Gasteiger partial charge >= 0.3 is 5.97 Å². The molecule has 0 saturated heterocycles. The minimum Gasteiger partial charge on any atom is -0.490 e. The lowest BCUT2D eigenvalue weighted by molar-refractivity contribution is -0.115. The Bertz CT molecular complexity index is 1710. The number of amides is 1. The van der Waals surface area contributed by atoms with Gasteiger partial charge in [-0.25, -0.2) is 22.9 Å². The SMILES string of the molecule is O=C(Cc1ccc(Oc2ccc(OC3CCC(NS(=O)(=O)c4ccc(Br)cc4)CC3)cc2)nc1)Nc1ccccc1C(=O)O. The molecule has 3 aromatic carbocycles. The number of benzene rings is 3. The molecule has 0 spiro atoms. The van der Waals surface area contributed by atoms with Crippen LogP contribution >= 0.6 is 15.9 Å². The number of carboxylic acids is 1. The maximum Gasteiger partial charge on any atom is 0.337 e. The average molecular weight is 681 g/mol. The third-order valence-corrected chi connectivity index (χ3v) is 9.13. The highest BCUT2D eigenvalue weighted by Gasteiger charge is 2.26. The zero-order valence-corrected chi connectivity index (χ0v) is 25.9. The standard InChI is InChI=1S/C32H30BrN3O7S/c33-22-6-16-27(17-7-22)44(40,41)36-23-8-10-24(11-9-23)42-25-12-14-26(15-13-25)43-31-18-5-21(20-34-31)19-30(37)35-29-4-2-1-3-28(29)32(38)39/h1-7,12-18,20,23-24,36H,8-11,19H2,(H,35,37)(H,38,39). The number of anilines is 1. The van der Waals surface area contributed by atoms with Crippen molar-refractivity contribution in [2.24, 2.45) is 0 Å². The second-order valence-corrected chi connectivity index (χ2v) is 13.0. The summed E-state index contributed by atoms with van der Waals surface area (Å²) in [5.74, 6) is 0.122. The molecule has 0 aliphatic heterocycles.